The Hall–Kier alpha value is -2.63. The summed E-state index contributed by atoms with van der Waals surface area (Å²) in [6.07, 6.45) is 0.986. The molecule has 5 atom stereocenters. The predicted molar refractivity (Wildman–Crippen MR) is 130 cm³/mol. The van der Waals surface area contributed by atoms with Gasteiger partial charge in [0.05, 0.1) is 39.0 Å². The summed E-state index contributed by atoms with van der Waals surface area (Å²) in [5.41, 5.74) is 6.76. The number of hydrogen-bond acceptors (Lipinski definition) is 8. The molecule has 1 saturated carbocycles. The summed E-state index contributed by atoms with van der Waals surface area (Å²) in [6, 6.07) is 8.07. The minimum Gasteiger partial charge on any atom is -0.389 e. The molecule has 174 valence electrons. The van der Waals surface area contributed by atoms with Crippen molar-refractivity contribution in [3.63, 3.8) is 0 Å². The molecule has 0 unspecified atom stereocenters. The SMILES string of the molecule is Nc1nc2cc([C@@H]3NC[C@@]4(C[C@@H](n5ccc6c(Cl)ncnc65)[C@H](O)[C@@H]4O)C3=O)ccc2cc1Br. The lowest BCUT2D eigenvalue weighted by Gasteiger charge is -2.25. The molecule has 11 heteroatoms. The minimum atomic E-state index is -1.23. The van der Waals surface area contributed by atoms with Crippen molar-refractivity contribution in [3.05, 3.63) is 58.0 Å². The van der Waals surface area contributed by atoms with Gasteiger partial charge in [-0.3, -0.25) is 4.79 Å². The van der Waals surface area contributed by atoms with E-state index in [1.54, 1.807) is 16.8 Å². The van der Waals surface area contributed by atoms with Crippen LogP contribution in [0.4, 0.5) is 5.82 Å². The lowest BCUT2D eigenvalue weighted by atomic mass is 9.79. The van der Waals surface area contributed by atoms with Gasteiger partial charge in [-0.15, -0.1) is 0 Å². The third kappa shape index (κ3) is 3.03. The number of aliphatic hydroxyl groups excluding tert-OH is 2. The molecule has 34 heavy (non-hydrogen) atoms. The first-order valence-electron chi connectivity index (χ1n) is 10.8. The Morgan fingerprint density at radius 3 is 2.88 bits per heavy atom. The maximum Gasteiger partial charge on any atom is 0.164 e. The van der Waals surface area contributed by atoms with E-state index < -0.39 is 29.7 Å². The van der Waals surface area contributed by atoms with Gasteiger partial charge >= 0.3 is 0 Å². The highest BCUT2D eigenvalue weighted by atomic mass is 79.9. The Kier molecular flexibility index (Phi) is 4.95. The fourth-order valence-electron chi connectivity index (χ4n) is 5.42. The Labute approximate surface area is 207 Å². The maximum absolute atomic E-state index is 13.7. The van der Waals surface area contributed by atoms with Crippen LogP contribution in [-0.4, -0.2) is 54.3 Å². The number of fused-ring (bicyclic) bond motifs is 2. The Balaban J connectivity index is 1.35. The van der Waals surface area contributed by atoms with Crippen molar-refractivity contribution in [3.8, 4) is 0 Å². The number of carbonyl (C=O) groups excluding carboxylic acids is 1. The molecule has 1 aliphatic heterocycles. The maximum atomic E-state index is 13.7. The Morgan fingerprint density at radius 1 is 1.24 bits per heavy atom. The molecule has 1 aliphatic carbocycles. The molecule has 4 aromatic rings. The smallest absolute Gasteiger partial charge is 0.164 e. The molecule has 0 radical (unpaired) electrons. The van der Waals surface area contributed by atoms with E-state index in [4.69, 9.17) is 17.3 Å². The van der Waals surface area contributed by atoms with Crippen molar-refractivity contribution >= 4 is 61.1 Å². The van der Waals surface area contributed by atoms with Crippen LogP contribution in [0.15, 0.2) is 47.3 Å². The van der Waals surface area contributed by atoms with Crippen molar-refractivity contribution in [2.45, 2.75) is 30.7 Å². The molecule has 1 saturated heterocycles. The van der Waals surface area contributed by atoms with Crippen molar-refractivity contribution in [1.82, 2.24) is 24.8 Å². The van der Waals surface area contributed by atoms with Crippen LogP contribution in [0.5, 0.6) is 0 Å². The van der Waals surface area contributed by atoms with E-state index in [1.165, 1.54) is 6.33 Å². The highest BCUT2D eigenvalue weighted by Gasteiger charge is 2.61. The van der Waals surface area contributed by atoms with E-state index in [0.717, 1.165) is 10.9 Å². The number of aliphatic hydroxyl groups is 2. The Bertz CT molecular complexity index is 1480. The summed E-state index contributed by atoms with van der Waals surface area (Å²) in [4.78, 5) is 26.4. The van der Waals surface area contributed by atoms with Gasteiger partial charge in [0, 0.05) is 18.1 Å². The van der Waals surface area contributed by atoms with Gasteiger partial charge in [0.15, 0.2) is 5.78 Å². The van der Waals surface area contributed by atoms with Gasteiger partial charge in [-0.1, -0.05) is 23.7 Å². The van der Waals surface area contributed by atoms with Gasteiger partial charge in [0.25, 0.3) is 0 Å². The molecular weight excluding hydrogens is 524 g/mol. The summed E-state index contributed by atoms with van der Waals surface area (Å²) < 4.78 is 2.48. The molecule has 1 spiro atoms. The molecule has 1 aromatic carbocycles. The molecule has 6 rings (SSSR count). The first kappa shape index (κ1) is 21.9. The van der Waals surface area contributed by atoms with Crippen molar-refractivity contribution in [2.24, 2.45) is 5.41 Å². The topological polar surface area (TPSA) is 139 Å². The zero-order valence-corrected chi connectivity index (χ0v) is 20.0. The van der Waals surface area contributed by atoms with E-state index >= 15 is 0 Å². The zero-order chi connectivity index (χ0) is 23.8. The number of carbonyl (C=O) groups is 1. The summed E-state index contributed by atoms with van der Waals surface area (Å²) in [6.45, 7) is 0.244. The van der Waals surface area contributed by atoms with Crippen LogP contribution in [0, 0.1) is 5.41 Å². The second-order valence-electron chi connectivity index (χ2n) is 8.97. The van der Waals surface area contributed by atoms with E-state index in [9.17, 15) is 15.0 Å². The molecule has 9 nitrogen and oxygen atoms in total. The number of benzene rings is 1. The molecule has 3 aromatic heterocycles. The predicted octanol–water partition coefficient (Wildman–Crippen LogP) is 2.54. The van der Waals surface area contributed by atoms with Crippen LogP contribution in [0.25, 0.3) is 21.9 Å². The molecule has 0 bridgehead atoms. The van der Waals surface area contributed by atoms with E-state index in [0.29, 0.717) is 32.0 Å². The number of rotatable bonds is 2. The van der Waals surface area contributed by atoms with E-state index in [1.807, 2.05) is 24.3 Å². The van der Waals surface area contributed by atoms with E-state index in [-0.39, 0.29) is 18.7 Å². The van der Waals surface area contributed by atoms with Crippen LogP contribution < -0.4 is 11.1 Å². The summed E-state index contributed by atoms with van der Waals surface area (Å²) in [5, 5.41) is 27.2. The summed E-state index contributed by atoms with van der Waals surface area (Å²) in [5.74, 6) is 0.210. The normalized spacial score (nSPS) is 29.1. The fourth-order valence-corrected chi connectivity index (χ4v) is 5.95. The number of Topliss-reactive ketones (excluding diaryl/α,β-unsaturated/α-hetero) is 1. The van der Waals surface area contributed by atoms with Crippen LogP contribution >= 0.6 is 27.5 Å². The number of nitrogen functional groups attached to an aromatic ring is 1. The van der Waals surface area contributed by atoms with Gasteiger partial charge in [-0.25, -0.2) is 15.0 Å². The van der Waals surface area contributed by atoms with Crippen LogP contribution in [-0.2, 0) is 4.79 Å². The average Bonchev–Trinajstić information content (AvgIpc) is 3.46. The summed E-state index contributed by atoms with van der Waals surface area (Å²) >= 11 is 9.56. The minimum absolute atomic E-state index is 0.157. The highest BCUT2D eigenvalue weighted by Crippen LogP contribution is 2.50. The number of halogens is 2. The number of ketones is 1. The van der Waals surface area contributed by atoms with Crippen LogP contribution in [0.2, 0.25) is 5.15 Å². The van der Waals surface area contributed by atoms with Gasteiger partial charge in [0.2, 0.25) is 0 Å². The van der Waals surface area contributed by atoms with Gasteiger partial charge < -0.3 is 25.8 Å². The van der Waals surface area contributed by atoms with Crippen molar-refractivity contribution in [2.75, 3.05) is 12.3 Å². The van der Waals surface area contributed by atoms with Gasteiger partial charge in [-0.2, -0.15) is 0 Å². The molecule has 5 N–H and O–H groups in total. The first-order chi connectivity index (χ1) is 16.3. The lowest BCUT2D eigenvalue weighted by molar-refractivity contribution is -0.132. The molecular formula is C23H20BrClN6O3. The number of nitrogens with one attached hydrogen (secondary N) is 1. The third-order valence-corrected chi connectivity index (χ3v) is 8.14. The fraction of sp³-hybridized carbons (Fsp3) is 0.304. The lowest BCUT2D eigenvalue weighted by Crippen LogP contribution is -2.42. The number of nitrogens with two attached hydrogens (primary N) is 1. The number of aromatic nitrogens is 4. The second-order valence-corrected chi connectivity index (χ2v) is 10.2. The highest BCUT2D eigenvalue weighted by molar-refractivity contribution is 9.10. The largest absolute Gasteiger partial charge is 0.389 e. The third-order valence-electron chi connectivity index (χ3n) is 7.21. The average molecular weight is 544 g/mol. The van der Waals surface area contributed by atoms with Gasteiger partial charge in [0.1, 0.15) is 29.0 Å². The Morgan fingerprint density at radius 2 is 2.06 bits per heavy atom. The molecule has 4 heterocycles. The quantitative estimate of drug-likeness (QED) is 0.283. The first-order valence-corrected chi connectivity index (χ1v) is 11.9. The number of nitrogens with zero attached hydrogens (tertiary/aromatic N) is 4. The number of hydrogen-bond donors (Lipinski definition) is 4. The monoisotopic (exact) mass is 542 g/mol. The number of pyridine rings is 1. The van der Waals surface area contributed by atoms with Crippen molar-refractivity contribution in [1.29, 1.82) is 0 Å². The standard InChI is InChI=1S/C23H20BrClN6O3/c24-13-5-10-1-2-11(6-14(10)30-21(13)26)16-18(33)23(8-27-16)7-15(17(32)19(23)34)31-4-3-12-20(25)28-9-29-22(12)31/h1-6,9,15-17,19,27,32,34H,7-8H2,(H2,26,30)/t15-,16+,17+,19+,23+/m1/s1. The number of anilines is 1. The molecule has 0 amide bonds. The van der Waals surface area contributed by atoms with Crippen molar-refractivity contribution < 1.29 is 15.0 Å². The van der Waals surface area contributed by atoms with Gasteiger partial charge in [-0.05, 0) is 46.1 Å². The molecule has 2 fully saturated rings. The van der Waals surface area contributed by atoms with Crippen LogP contribution in [0.1, 0.15) is 24.1 Å². The van der Waals surface area contributed by atoms with Crippen LogP contribution in [0.3, 0.4) is 0 Å². The molecule has 2 aliphatic rings. The van der Waals surface area contributed by atoms with E-state index in [2.05, 4.69) is 36.2 Å². The summed E-state index contributed by atoms with van der Waals surface area (Å²) in [7, 11) is 0. The second kappa shape index (κ2) is 7.69. The zero-order valence-electron chi connectivity index (χ0n) is 17.7.